The van der Waals surface area contributed by atoms with E-state index in [2.05, 4.69) is 163 Å². The quantitative estimate of drug-likeness (QED) is 0.169. The Balaban J connectivity index is 1.10. The van der Waals surface area contributed by atoms with Crippen molar-refractivity contribution >= 4 is 11.4 Å². The maximum absolute atomic E-state index is 3.14. The first-order chi connectivity index (χ1) is 21.8. The number of benzene rings is 4. The molecule has 0 radical (unpaired) electrons. The van der Waals surface area contributed by atoms with Crippen molar-refractivity contribution in [2.75, 3.05) is 4.90 Å². The van der Waals surface area contributed by atoms with Crippen LogP contribution in [0.4, 0.5) is 11.4 Å². The predicted octanol–water partition coefficient (Wildman–Crippen LogP) is 11.1. The molecule has 2 aliphatic rings. The van der Waals surface area contributed by atoms with Crippen molar-refractivity contribution < 1.29 is 0 Å². The van der Waals surface area contributed by atoms with E-state index >= 15 is 0 Å². The van der Waals surface area contributed by atoms with E-state index in [-0.39, 0.29) is 0 Å². The summed E-state index contributed by atoms with van der Waals surface area (Å²) in [5.41, 5.74) is 10.0. The molecule has 0 saturated carbocycles. The van der Waals surface area contributed by atoms with Crippen LogP contribution >= 0.6 is 0 Å². The van der Waals surface area contributed by atoms with Crippen molar-refractivity contribution in [1.82, 2.24) is 0 Å². The molecule has 2 aliphatic carbocycles. The molecule has 0 fully saturated rings. The lowest BCUT2D eigenvalue weighted by atomic mass is 9.77. The summed E-state index contributed by atoms with van der Waals surface area (Å²) in [6, 6.07) is 50.8. The number of hydrogen-bond acceptors (Lipinski definition) is 1. The van der Waals surface area contributed by atoms with Crippen molar-refractivity contribution in [1.29, 1.82) is 0 Å². The Bertz CT molecular complexity index is 1620. The number of nitrogens with zero attached hydrogens (tertiary/aromatic N) is 1. The second-order valence-electron chi connectivity index (χ2n) is 11.8. The summed E-state index contributed by atoms with van der Waals surface area (Å²) in [7, 11) is 0. The second kappa shape index (κ2) is 13.1. The molecule has 0 spiro atoms. The van der Waals surface area contributed by atoms with Crippen molar-refractivity contribution in [3.05, 3.63) is 181 Å². The van der Waals surface area contributed by atoms with Gasteiger partial charge in [-0.25, -0.2) is 0 Å². The van der Waals surface area contributed by atoms with Gasteiger partial charge in [-0.2, -0.15) is 0 Å². The summed E-state index contributed by atoms with van der Waals surface area (Å²) in [5.74, 6) is 0.815. The molecular weight excluding hydrogens is 530 g/mol. The van der Waals surface area contributed by atoms with Gasteiger partial charge < -0.3 is 4.90 Å². The van der Waals surface area contributed by atoms with Crippen LogP contribution in [0.2, 0.25) is 0 Å². The number of rotatable bonds is 8. The minimum absolute atomic E-state index is 0.347. The second-order valence-corrected chi connectivity index (χ2v) is 11.8. The molecule has 0 aromatic heterocycles. The lowest BCUT2D eigenvalue weighted by Crippen LogP contribution is -2.30. The Morgan fingerprint density at radius 3 is 1.84 bits per heavy atom. The van der Waals surface area contributed by atoms with Crippen LogP contribution in [0, 0.1) is 18.1 Å². The first-order valence-electron chi connectivity index (χ1n) is 15.9. The van der Waals surface area contributed by atoms with Gasteiger partial charge in [0, 0.05) is 17.7 Å². The maximum Gasteiger partial charge on any atom is 0.0522 e. The summed E-state index contributed by atoms with van der Waals surface area (Å²) < 4.78 is 0. The molecule has 1 nitrogen and oxygen atoms in total. The first kappa shape index (κ1) is 27.8. The van der Waals surface area contributed by atoms with Crippen LogP contribution in [0.3, 0.4) is 0 Å². The van der Waals surface area contributed by atoms with Crippen LogP contribution in [0.15, 0.2) is 158 Å². The van der Waals surface area contributed by atoms with Crippen LogP contribution in [0.1, 0.15) is 42.7 Å². The molecule has 5 aromatic carbocycles. The van der Waals surface area contributed by atoms with Gasteiger partial charge in [0.2, 0.25) is 0 Å². The third-order valence-electron chi connectivity index (χ3n) is 9.05. The Hall–Kier alpha value is -5.06. The zero-order valence-electron chi connectivity index (χ0n) is 25.0. The summed E-state index contributed by atoms with van der Waals surface area (Å²) in [6.45, 7) is 0. The highest BCUT2D eigenvalue weighted by Gasteiger charge is 2.23. The standard InChI is InChI=1S/C43H37N/c1-5-13-37(14-6-1)43(38-15-7-2-8-16-38)39-27-25-35(26-28-39)33-21-23-34(24-22-33)36-29-31-42(32-30-36)44(40-17-9-3-10-18-40)41-19-11-4-12-20-41/h1-2,5-9,11,13-15,17,19-32,38,40,43H,3,10,16,18H2. The predicted molar refractivity (Wildman–Crippen MR) is 185 cm³/mol. The van der Waals surface area contributed by atoms with Crippen LogP contribution in [0.25, 0.3) is 22.3 Å². The largest absolute Gasteiger partial charge is 0.334 e. The van der Waals surface area contributed by atoms with Crippen LogP contribution in [0.5, 0.6) is 0 Å². The Kier molecular flexibility index (Phi) is 8.24. The van der Waals surface area contributed by atoms with Gasteiger partial charge in [-0.15, -0.1) is 0 Å². The topological polar surface area (TPSA) is 3.24 Å². The van der Waals surface area contributed by atoms with E-state index < -0.39 is 0 Å². The fourth-order valence-corrected chi connectivity index (χ4v) is 6.78. The van der Waals surface area contributed by atoms with Gasteiger partial charge in [-0.1, -0.05) is 140 Å². The van der Waals surface area contributed by atoms with Crippen LogP contribution in [-0.2, 0) is 0 Å². The lowest BCUT2D eigenvalue weighted by Gasteiger charge is -2.33. The molecule has 5 aromatic rings. The van der Waals surface area contributed by atoms with Crippen molar-refractivity contribution in [2.24, 2.45) is 5.92 Å². The number of hydrogen-bond donors (Lipinski definition) is 0. The molecule has 0 amide bonds. The van der Waals surface area contributed by atoms with E-state index in [1.165, 1.54) is 51.9 Å². The molecule has 0 saturated heterocycles. The van der Waals surface area contributed by atoms with E-state index in [1.807, 2.05) is 12.1 Å². The third-order valence-corrected chi connectivity index (χ3v) is 9.05. The van der Waals surface area contributed by atoms with Gasteiger partial charge in [-0.3, -0.25) is 0 Å². The monoisotopic (exact) mass is 567 g/mol. The Morgan fingerprint density at radius 2 is 1.25 bits per heavy atom. The molecule has 7 rings (SSSR count). The normalized spacial score (nSPS) is 18.0. The highest BCUT2D eigenvalue weighted by molar-refractivity contribution is 5.73. The highest BCUT2D eigenvalue weighted by atomic mass is 15.2. The van der Waals surface area contributed by atoms with Gasteiger partial charge in [0.25, 0.3) is 0 Å². The molecule has 214 valence electrons. The van der Waals surface area contributed by atoms with Crippen molar-refractivity contribution in [3.63, 3.8) is 0 Å². The molecule has 3 atom stereocenters. The molecule has 44 heavy (non-hydrogen) atoms. The average Bonchev–Trinajstić information content (AvgIpc) is 3.11. The maximum atomic E-state index is 3.14. The SMILES string of the molecule is c1ccc(N(c2ccc(-c3ccc(-c4ccc(C(c5ccccc5)C5C=CC=CC5)cc4)cc3)cc2)C2C=CCCC2)cc#1. The van der Waals surface area contributed by atoms with Crippen LogP contribution < -0.4 is 4.90 Å². The molecule has 0 heterocycles. The summed E-state index contributed by atoms with van der Waals surface area (Å²) >= 11 is 0. The third kappa shape index (κ3) is 6.03. The summed E-state index contributed by atoms with van der Waals surface area (Å²) in [6.07, 6.45) is 18.3. The van der Waals surface area contributed by atoms with Crippen molar-refractivity contribution in [2.45, 2.75) is 37.6 Å². The summed E-state index contributed by atoms with van der Waals surface area (Å²) in [4.78, 5) is 2.43. The van der Waals surface area contributed by atoms with Gasteiger partial charge in [-0.05, 0) is 89.2 Å². The molecule has 3 unspecified atom stereocenters. The van der Waals surface area contributed by atoms with E-state index in [4.69, 9.17) is 0 Å². The Labute approximate surface area is 262 Å². The van der Waals surface area contributed by atoms with E-state index in [1.54, 1.807) is 0 Å². The highest BCUT2D eigenvalue weighted by Crippen LogP contribution is 2.38. The number of allylic oxidation sites excluding steroid dienone is 5. The van der Waals surface area contributed by atoms with E-state index in [0.717, 1.165) is 18.5 Å². The zero-order valence-corrected chi connectivity index (χ0v) is 25.0. The minimum Gasteiger partial charge on any atom is -0.334 e. The Morgan fingerprint density at radius 1 is 0.591 bits per heavy atom. The fraction of sp³-hybridized carbons (Fsp3) is 0.163. The molecular formula is C43H37N. The van der Waals surface area contributed by atoms with Gasteiger partial charge in [0.1, 0.15) is 0 Å². The molecule has 0 aliphatic heterocycles. The van der Waals surface area contributed by atoms with E-state index in [9.17, 15) is 0 Å². The average molecular weight is 568 g/mol. The summed E-state index contributed by atoms with van der Waals surface area (Å²) in [5, 5.41) is 0. The van der Waals surface area contributed by atoms with Gasteiger partial charge in [0.05, 0.1) is 11.7 Å². The fourth-order valence-electron chi connectivity index (χ4n) is 6.78. The number of anilines is 2. The van der Waals surface area contributed by atoms with E-state index in [0.29, 0.717) is 17.9 Å². The smallest absolute Gasteiger partial charge is 0.0522 e. The minimum atomic E-state index is 0.347. The first-order valence-corrected chi connectivity index (χ1v) is 15.9. The molecule has 0 N–H and O–H groups in total. The molecule has 1 heteroatoms. The van der Waals surface area contributed by atoms with Gasteiger partial charge >= 0.3 is 0 Å². The van der Waals surface area contributed by atoms with Gasteiger partial charge in [0.15, 0.2) is 0 Å². The van der Waals surface area contributed by atoms with Crippen molar-refractivity contribution in [3.8, 4) is 22.3 Å². The zero-order chi connectivity index (χ0) is 29.6. The lowest BCUT2D eigenvalue weighted by molar-refractivity contribution is 0.573. The molecule has 0 bridgehead atoms. The van der Waals surface area contributed by atoms with Crippen LogP contribution in [-0.4, -0.2) is 6.04 Å².